The largest absolute Gasteiger partial charge is 0.319 e. The lowest BCUT2D eigenvalue weighted by molar-refractivity contribution is 0.600. The number of aromatic nitrogens is 2. The lowest BCUT2D eigenvalue weighted by atomic mass is 9.94. The molecule has 0 aliphatic heterocycles. The molecule has 2 N–H and O–H groups in total. The molecule has 82 valence electrons. The van der Waals surface area contributed by atoms with Gasteiger partial charge in [-0.25, -0.2) is 0 Å². The molecule has 0 saturated carbocycles. The highest BCUT2D eigenvalue weighted by atomic mass is 32.1. The summed E-state index contributed by atoms with van der Waals surface area (Å²) in [6.07, 6.45) is 11.6. The van der Waals surface area contributed by atoms with Gasteiger partial charge in [0, 0.05) is 0 Å². The molecular weight excluding hydrogens is 206 g/mol. The van der Waals surface area contributed by atoms with Gasteiger partial charge in [0.1, 0.15) is 0 Å². The van der Waals surface area contributed by atoms with Crippen LogP contribution in [0.1, 0.15) is 50.3 Å². The molecule has 0 fully saturated rings. The maximum absolute atomic E-state index is 6.17. The summed E-state index contributed by atoms with van der Waals surface area (Å²) in [6.45, 7) is 0. The van der Waals surface area contributed by atoms with E-state index in [1.807, 2.05) is 0 Å². The van der Waals surface area contributed by atoms with Crippen molar-refractivity contribution in [1.82, 2.24) is 8.75 Å². The third kappa shape index (κ3) is 2.86. The predicted octanol–water partition coefficient (Wildman–Crippen LogP) is 2.82. The fourth-order valence-electron chi connectivity index (χ4n) is 2.00. The molecule has 1 heterocycles. The quantitative estimate of drug-likeness (QED) is 0.784. The topological polar surface area (TPSA) is 51.8 Å². The second-order valence-corrected chi connectivity index (χ2v) is 4.60. The fourth-order valence-corrected chi connectivity index (χ4v) is 2.46. The average Bonchev–Trinajstić information content (AvgIpc) is 2.68. The summed E-state index contributed by atoms with van der Waals surface area (Å²) in [5.41, 5.74) is 8.44. The first-order valence-electron chi connectivity index (χ1n) is 5.60. The van der Waals surface area contributed by atoms with E-state index < -0.39 is 0 Å². The zero-order chi connectivity index (χ0) is 10.5. The maximum Gasteiger partial charge on any atom is 0.0952 e. The van der Waals surface area contributed by atoms with Gasteiger partial charge in [0.25, 0.3) is 0 Å². The molecule has 0 saturated heterocycles. The van der Waals surface area contributed by atoms with Gasteiger partial charge in [-0.15, -0.1) is 0 Å². The minimum absolute atomic E-state index is 0.0261. The maximum atomic E-state index is 6.17. The minimum atomic E-state index is -0.0261. The van der Waals surface area contributed by atoms with Gasteiger partial charge in [0.05, 0.1) is 29.7 Å². The first-order valence-corrected chi connectivity index (χ1v) is 6.33. The lowest BCUT2D eigenvalue weighted by Gasteiger charge is -2.16. The van der Waals surface area contributed by atoms with E-state index >= 15 is 0 Å². The summed E-state index contributed by atoms with van der Waals surface area (Å²) < 4.78 is 8.21. The minimum Gasteiger partial charge on any atom is -0.319 e. The van der Waals surface area contributed by atoms with Crippen molar-refractivity contribution in [2.45, 2.75) is 44.6 Å². The van der Waals surface area contributed by atoms with Crippen molar-refractivity contribution < 1.29 is 0 Å². The molecule has 1 aromatic heterocycles. The summed E-state index contributed by atoms with van der Waals surface area (Å²) in [5.74, 6) is 0. The second-order valence-electron chi connectivity index (χ2n) is 4.04. The van der Waals surface area contributed by atoms with Gasteiger partial charge >= 0.3 is 0 Å². The van der Waals surface area contributed by atoms with E-state index in [2.05, 4.69) is 14.8 Å². The molecule has 1 unspecified atom stereocenters. The molecule has 0 spiro atoms. The summed E-state index contributed by atoms with van der Waals surface area (Å²) in [4.78, 5) is 0. The van der Waals surface area contributed by atoms with Crippen molar-refractivity contribution in [3.05, 3.63) is 23.5 Å². The standard InChI is InChI=1S/C11H17N3S/c12-11(10-8-13-15-14-10)9-6-4-2-1-3-5-7-9/h6,8,11H,1-5,7,12H2. The van der Waals surface area contributed by atoms with E-state index in [0.717, 1.165) is 12.1 Å². The van der Waals surface area contributed by atoms with Gasteiger partial charge in [0.2, 0.25) is 0 Å². The Morgan fingerprint density at radius 2 is 2.13 bits per heavy atom. The Kier molecular flexibility index (Phi) is 3.86. The Balaban J connectivity index is 2.07. The Labute approximate surface area is 94.7 Å². The molecule has 0 amide bonds. The third-order valence-electron chi connectivity index (χ3n) is 2.92. The van der Waals surface area contributed by atoms with Gasteiger partial charge in [-0.2, -0.15) is 8.75 Å². The van der Waals surface area contributed by atoms with Crippen LogP contribution in [0.25, 0.3) is 0 Å². The van der Waals surface area contributed by atoms with E-state index in [4.69, 9.17) is 5.73 Å². The van der Waals surface area contributed by atoms with Crippen molar-refractivity contribution >= 4 is 11.7 Å². The summed E-state index contributed by atoms with van der Waals surface area (Å²) in [7, 11) is 0. The smallest absolute Gasteiger partial charge is 0.0952 e. The number of hydrogen-bond donors (Lipinski definition) is 1. The molecule has 4 heteroatoms. The third-order valence-corrected chi connectivity index (χ3v) is 3.41. The molecule has 0 aromatic carbocycles. The number of allylic oxidation sites excluding steroid dienone is 1. The highest BCUT2D eigenvalue weighted by Gasteiger charge is 2.14. The van der Waals surface area contributed by atoms with Gasteiger partial charge < -0.3 is 5.73 Å². The van der Waals surface area contributed by atoms with E-state index in [-0.39, 0.29) is 6.04 Å². The van der Waals surface area contributed by atoms with Gasteiger partial charge in [0.15, 0.2) is 0 Å². The average molecular weight is 223 g/mol. The molecule has 1 atom stereocenters. The van der Waals surface area contributed by atoms with E-state index in [1.54, 1.807) is 6.20 Å². The predicted molar refractivity (Wildman–Crippen MR) is 62.6 cm³/mol. The SMILES string of the molecule is NC(C1=CCCCCCC1)c1cnsn1. The molecule has 2 rings (SSSR count). The molecular formula is C11H17N3S. The van der Waals surface area contributed by atoms with Crippen LogP contribution in [0.3, 0.4) is 0 Å². The first kappa shape index (κ1) is 10.8. The number of rotatable bonds is 2. The molecule has 1 aliphatic carbocycles. The van der Waals surface area contributed by atoms with Gasteiger partial charge in [-0.1, -0.05) is 24.5 Å². The number of nitrogens with two attached hydrogens (primary N) is 1. The van der Waals surface area contributed by atoms with E-state index in [9.17, 15) is 0 Å². The van der Waals surface area contributed by atoms with Crippen LogP contribution in [-0.4, -0.2) is 8.75 Å². The van der Waals surface area contributed by atoms with Crippen LogP contribution in [0.4, 0.5) is 0 Å². The zero-order valence-electron chi connectivity index (χ0n) is 8.85. The first-order chi connectivity index (χ1) is 7.38. The highest BCUT2D eigenvalue weighted by molar-refractivity contribution is 6.99. The highest BCUT2D eigenvalue weighted by Crippen LogP contribution is 2.25. The molecule has 15 heavy (non-hydrogen) atoms. The number of hydrogen-bond acceptors (Lipinski definition) is 4. The lowest BCUT2D eigenvalue weighted by Crippen LogP contribution is -2.14. The normalized spacial score (nSPS) is 20.2. The van der Waals surface area contributed by atoms with Crippen molar-refractivity contribution in [3.63, 3.8) is 0 Å². The van der Waals surface area contributed by atoms with Gasteiger partial charge in [-0.05, 0) is 25.7 Å². The van der Waals surface area contributed by atoms with Gasteiger partial charge in [-0.3, -0.25) is 0 Å². The van der Waals surface area contributed by atoms with Crippen LogP contribution in [-0.2, 0) is 0 Å². The zero-order valence-corrected chi connectivity index (χ0v) is 9.67. The van der Waals surface area contributed by atoms with Crippen molar-refractivity contribution in [3.8, 4) is 0 Å². The van der Waals surface area contributed by atoms with Crippen molar-refractivity contribution in [2.75, 3.05) is 0 Å². The molecule has 0 bridgehead atoms. The van der Waals surface area contributed by atoms with Crippen LogP contribution in [0.2, 0.25) is 0 Å². The van der Waals surface area contributed by atoms with E-state index in [1.165, 1.54) is 49.4 Å². The Bertz CT molecular complexity index is 319. The van der Waals surface area contributed by atoms with Crippen LogP contribution in [0.5, 0.6) is 0 Å². The molecule has 3 nitrogen and oxygen atoms in total. The Hall–Kier alpha value is -0.740. The monoisotopic (exact) mass is 223 g/mol. The summed E-state index contributed by atoms with van der Waals surface area (Å²) in [5, 5.41) is 0. The van der Waals surface area contributed by atoms with Crippen LogP contribution in [0, 0.1) is 0 Å². The fraction of sp³-hybridized carbons (Fsp3) is 0.636. The van der Waals surface area contributed by atoms with Crippen LogP contribution < -0.4 is 5.73 Å². The van der Waals surface area contributed by atoms with Crippen LogP contribution in [0.15, 0.2) is 17.8 Å². The molecule has 1 aromatic rings. The van der Waals surface area contributed by atoms with Crippen LogP contribution >= 0.6 is 11.7 Å². The van der Waals surface area contributed by atoms with E-state index in [0.29, 0.717) is 0 Å². The Morgan fingerprint density at radius 3 is 2.93 bits per heavy atom. The Morgan fingerprint density at radius 1 is 1.27 bits per heavy atom. The van der Waals surface area contributed by atoms with Crippen molar-refractivity contribution in [1.29, 1.82) is 0 Å². The molecule has 0 radical (unpaired) electrons. The van der Waals surface area contributed by atoms with Crippen molar-refractivity contribution in [2.24, 2.45) is 5.73 Å². The second kappa shape index (κ2) is 5.37. The molecule has 1 aliphatic rings. The summed E-state index contributed by atoms with van der Waals surface area (Å²) in [6, 6.07) is -0.0261. The summed E-state index contributed by atoms with van der Waals surface area (Å²) >= 11 is 1.23. The number of nitrogens with zero attached hydrogens (tertiary/aromatic N) is 2.